The molecule has 0 saturated heterocycles. The summed E-state index contributed by atoms with van der Waals surface area (Å²) in [7, 11) is 0. The molecule has 2 nitrogen and oxygen atoms in total. The lowest BCUT2D eigenvalue weighted by Gasteiger charge is -2.10. The molecule has 2 rings (SSSR count). The van der Waals surface area contributed by atoms with E-state index in [4.69, 9.17) is 5.11 Å². The Bertz CT molecular complexity index is 402. The predicted molar refractivity (Wildman–Crippen MR) is 54.0 cm³/mol. The minimum Gasteiger partial charge on any atom is -0.481 e. The van der Waals surface area contributed by atoms with Gasteiger partial charge in [0.25, 0.3) is 0 Å². The topological polar surface area (TPSA) is 37.3 Å². The summed E-state index contributed by atoms with van der Waals surface area (Å²) in [6.07, 6.45) is 1.16. The van der Waals surface area contributed by atoms with E-state index in [-0.39, 0.29) is 17.2 Å². The van der Waals surface area contributed by atoms with E-state index in [0.717, 1.165) is 0 Å². The van der Waals surface area contributed by atoms with Crippen molar-refractivity contribution in [2.75, 3.05) is 0 Å². The van der Waals surface area contributed by atoms with Crippen LogP contribution in [0.2, 0.25) is 0 Å². The van der Waals surface area contributed by atoms with Crippen LogP contribution in [-0.4, -0.2) is 11.1 Å². The smallest absolute Gasteiger partial charge is 0.307 e. The van der Waals surface area contributed by atoms with Crippen molar-refractivity contribution in [2.24, 2.45) is 11.3 Å². The maximum absolute atomic E-state index is 13.3. The molecule has 1 saturated carbocycles. The lowest BCUT2D eigenvalue weighted by molar-refractivity contribution is -0.139. The van der Waals surface area contributed by atoms with Crippen LogP contribution in [0.25, 0.3) is 0 Å². The summed E-state index contributed by atoms with van der Waals surface area (Å²) in [6, 6.07) is 6.55. The summed E-state index contributed by atoms with van der Waals surface area (Å²) in [5.74, 6) is -1.32. The number of carboxylic acid groups (broad SMARTS) is 1. The molecular weight excluding hydrogens is 195 g/mol. The Hall–Kier alpha value is -1.38. The zero-order chi connectivity index (χ0) is 11.1. The fraction of sp³-hybridized carbons (Fsp3) is 0.417. The number of carbonyl (C=O) groups is 1. The molecule has 3 heteroatoms. The number of hydrogen-bond acceptors (Lipinski definition) is 1. The highest BCUT2D eigenvalue weighted by Gasteiger charge is 2.54. The Morgan fingerprint density at radius 2 is 2.27 bits per heavy atom. The molecule has 15 heavy (non-hydrogen) atoms. The molecule has 1 aromatic rings. The molecule has 80 valence electrons. The fourth-order valence-electron chi connectivity index (χ4n) is 2.06. The normalized spacial score (nSPS) is 28.8. The van der Waals surface area contributed by atoms with Crippen LogP contribution in [0.4, 0.5) is 4.39 Å². The minimum atomic E-state index is -0.770. The van der Waals surface area contributed by atoms with E-state index in [0.29, 0.717) is 18.4 Å². The van der Waals surface area contributed by atoms with Crippen LogP contribution in [0.5, 0.6) is 0 Å². The van der Waals surface area contributed by atoms with E-state index in [2.05, 4.69) is 0 Å². The van der Waals surface area contributed by atoms with Crippen molar-refractivity contribution in [3.63, 3.8) is 0 Å². The van der Waals surface area contributed by atoms with Crippen molar-refractivity contribution in [2.45, 2.75) is 19.8 Å². The average Bonchev–Trinajstić information content (AvgIpc) is 2.83. The Morgan fingerprint density at radius 1 is 1.60 bits per heavy atom. The molecule has 1 aliphatic carbocycles. The lowest BCUT2D eigenvalue weighted by Crippen LogP contribution is -2.10. The molecule has 1 aliphatic rings. The first-order chi connectivity index (χ1) is 7.03. The van der Waals surface area contributed by atoms with E-state index < -0.39 is 5.97 Å². The zero-order valence-electron chi connectivity index (χ0n) is 8.53. The van der Waals surface area contributed by atoms with Gasteiger partial charge in [0, 0.05) is 0 Å². The van der Waals surface area contributed by atoms with Gasteiger partial charge in [0.15, 0.2) is 0 Å². The van der Waals surface area contributed by atoms with Crippen LogP contribution in [0.15, 0.2) is 24.3 Å². The van der Waals surface area contributed by atoms with E-state index in [1.807, 2.05) is 6.92 Å². The molecule has 0 aromatic heterocycles. The maximum atomic E-state index is 13.3. The van der Waals surface area contributed by atoms with Gasteiger partial charge in [-0.05, 0) is 29.9 Å². The van der Waals surface area contributed by atoms with E-state index in [1.54, 1.807) is 18.2 Å². The number of benzene rings is 1. The quantitative estimate of drug-likeness (QED) is 0.828. The van der Waals surface area contributed by atoms with Crippen molar-refractivity contribution < 1.29 is 14.3 Å². The van der Waals surface area contributed by atoms with Gasteiger partial charge in [-0.25, -0.2) is 4.39 Å². The molecule has 0 bridgehead atoms. The molecule has 2 atom stereocenters. The highest BCUT2D eigenvalue weighted by molar-refractivity contribution is 5.74. The maximum Gasteiger partial charge on any atom is 0.307 e. The van der Waals surface area contributed by atoms with Crippen LogP contribution in [0.3, 0.4) is 0 Å². The number of aliphatic carboxylic acids is 1. The molecule has 1 fully saturated rings. The lowest BCUT2D eigenvalue weighted by atomic mass is 9.96. The Labute approximate surface area is 87.7 Å². The second-order valence-electron chi connectivity index (χ2n) is 4.52. The molecule has 1 aromatic carbocycles. The third-order valence-electron chi connectivity index (χ3n) is 3.20. The van der Waals surface area contributed by atoms with Crippen molar-refractivity contribution in [1.82, 2.24) is 0 Å². The van der Waals surface area contributed by atoms with Crippen LogP contribution >= 0.6 is 0 Å². The molecule has 0 heterocycles. The highest BCUT2D eigenvalue weighted by atomic mass is 19.1. The molecule has 0 spiro atoms. The van der Waals surface area contributed by atoms with Crippen LogP contribution in [0.1, 0.15) is 18.9 Å². The molecular formula is C12H13FO2. The van der Waals surface area contributed by atoms with Gasteiger partial charge in [-0.2, -0.15) is 0 Å². The minimum absolute atomic E-state index is 0.241. The van der Waals surface area contributed by atoms with Gasteiger partial charge in [-0.3, -0.25) is 4.79 Å². The van der Waals surface area contributed by atoms with Gasteiger partial charge >= 0.3 is 5.97 Å². The summed E-state index contributed by atoms with van der Waals surface area (Å²) in [4.78, 5) is 10.8. The monoisotopic (exact) mass is 208 g/mol. The Morgan fingerprint density at radius 3 is 2.80 bits per heavy atom. The van der Waals surface area contributed by atoms with Gasteiger partial charge < -0.3 is 5.11 Å². The van der Waals surface area contributed by atoms with Gasteiger partial charge in [0.05, 0.1) is 5.92 Å². The largest absolute Gasteiger partial charge is 0.481 e. The first kappa shape index (κ1) is 10.1. The highest BCUT2D eigenvalue weighted by Crippen LogP contribution is 2.54. The van der Waals surface area contributed by atoms with E-state index >= 15 is 0 Å². The molecule has 0 radical (unpaired) electrons. The van der Waals surface area contributed by atoms with Crippen molar-refractivity contribution >= 4 is 5.97 Å². The summed E-state index contributed by atoms with van der Waals surface area (Å²) < 4.78 is 13.3. The SMILES string of the molecule is CC1(Cc2ccccc2F)CC1C(=O)O. The standard InChI is InChI=1S/C12H13FO2/c1-12(7-9(12)11(14)15)6-8-4-2-3-5-10(8)13/h2-5,9H,6-7H2,1H3,(H,14,15). The summed E-state index contributed by atoms with van der Waals surface area (Å²) in [6.45, 7) is 1.90. The second-order valence-corrected chi connectivity index (χ2v) is 4.52. The predicted octanol–water partition coefficient (Wildman–Crippen LogP) is 2.48. The third kappa shape index (κ3) is 1.87. The van der Waals surface area contributed by atoms with E-state index in [1.165, 1.54) is 6.07 Å². The van der Waals surface area contributed by atoms with Gasteiger partial charge in [0.2, 0.25) is 0 Å². The Balaban J connectivity index is 2.11. The molecule has 2 unspecified atom stereocenters. The first-order valence-electron chi connectivity index (χ1n) is 4.99. The van der Waals surface area contributed by atoms with Crippen LogP contribution in [-0.2, 0) is 11.2 Å². The van der Waals surface area contributed by atoms with Crippen molar-refractivity contribution in [3.05, 3.63) is 35.6 Å². The first-order valence-corrected chi connectivity index (χ1v) is 4.99. The van der Waals surface area contributed by atoms with E-state index in [9.17, 15) is 9.18 Å². The zero-order valence-corrected chi connectivity index (χ0v) is 8.53. The third-order valence-corrected chi connectivity index (χ3v) is 3.20. The molecule has 0 amide bonds. The summed E-state index contributed by atoms with van der Waals surface area (Å²) in [5.41, 5.74) is 0.359. The molecule has 0 aliphatic heterocycles. The van der Waals surface area contributed by atoms with Gasteiger partial charge in [0.1, 0.15) is 5.82 Å². The summed E-state index contributed by atoms with van der Waals surface area (Å²) in [5, 5.41) is 8.84. The summed E-state index contributed by atoms with van der Waals surface area (Å²) >= 11 is 0. The fourth-order valence-corrected chi connectivity index (χ4v) is 2.06. The van der Waals surface area contributed by atoms with Crippen LogP contribution < -0.4 is 0 Å². The van der Waals surface area contributed by atoms with Crippen molar-refractivity contribution in [3.8, 4) is 0 Å². The molecule has 1 N–H and O–H groups in total. The average molecular weight is 208 g/mol. The van der Waals surface area contributed by atoms with Crippen molar-refractivity contribution in [1.29, 1.82) is 0 Å². The second kappa shape index (κ2) is 3.33. The Kier molecular flexibility index (Phi) is 2.25. The number of hydrogen-bond donors (Lipinski definition) is 1. The van der Waals surface area contributed by atoms with Crippen LogP contribution in [0, 0.1) is 17.2 Å². The number of rotatable bonds is 3. The number of halogens is 1. The van der Waals surface area contributed by atoms with Gasteiger partial charge in [-0.15, -0.1) is 0 Å². The van der Waals surface area contributed by atoms with Gasteiger partial charge in [-0.1, -0.05) is 25.1 Å². The number of carboxylic acids is 1.